The van der Waals surface area contributed by atoms with Crippen LogP contribution in [0.15, 0.2) is 77.0 Å². The lowest BCUT2D eigenvalue weighted by Crippen LogP contribution is -2.16. The summed E-state index contributed by atoms with van der Waals surface area (Å²) in [5.74, 6) is -0.0858. The van der Waals surface area contributed by atoms with Crippen LogP contribution in [0.4, 0.5) is 11.5 Å². The molecule has 0 aliphatic carbocycles. The summed E-state index contributed by atoms with van der Waals surface area (Å²) in [6.07, 6.45) is 5.18. The molecule has 2 N–H and O–H groups in total. The molecule has 7 nitrogen and oxygen atoms in total. The van der Waals surface area contributed by atoms with E-state index in [0.29, 0.717) is 22.8 Å². The van der Waals surface area contributed by atoms with E-state index in [-0.39, 0.29) is 18.2 Å². The van der Waals surface area contributed by atoms with Crippen molar-refractivity contribution in [3.63, 3.8) is 0 Å². The number of nitrogens with zero attached hydrogens (tertiary/aromatic N) is 3. The molecule has 0 spiro atoms. The predicted octanol–water partition coefficient (Wildman–Crippen LogP) is 4.80. The lowest BCUT2D eigenvalue weighted by Gasteiger charge is -2.08. The molecule has 0 fully saturated rings. The summed E-state index contributed by atoms with van der Waals surface area (Å²) in [4.78, 5) is 37.7. The second-order valence-corrected chi connectivity index (χ2v) is 8.28. The highest BCUT2D eigenvalue weighted by Crippen LogP contribution is 2.23. The van der Waals surface area contributed by atoms with Gasteiger partial charge in [-0.15, -0.1) is 11.3 Å². The molecule has 3 aromatic heterocycles. The normalized spacial score (nSPS) is 10.5. The van der Waals surface area contributed by atoms with Gasteiger partial charge in [-0.1, -0.05) is 6.07 Å². The zero-order valence-corrected chi connectivity index (χ0v) is 18.5. The van der Waals surface area contributed by atoms with Crippen LogP contribution in [-0.4, -0.2) is 26.8 Å². The van der Waals surface area contributed by atoms with Crippen molar-refractivity contribution < 1.29 is 9.59 Å². The van der Waals surface area contributed by atoms with Crippen LogP contribution in [0, 0.1) is 0 Å². The summed E-state index contributed by atoms with van der Waals surface area (Å²) in [5, 5.41) is 8.22. The molecule has 0 saturated heterocycles. The first-order chi connectivity index (χ1) is 15.1. The van der Waals surface area contributed by atoms with Gasteiger partial charge in [-0.3, -0.25) is 14.6 Å². The van der Waals surface area contributed by atoms with Gasteiger partial charge in [0.2, 0.25) is 5.91 Å². The first kappa shape index (κ1) is 20.8. The van der Waals surface area contributed by atoms with Gasteiger partial charge >= 0.3 is 0 Å². The van der Waals surface area contributed by atoms with Gasteiger partial charge in [-0.25, -0.2) is 9.97 Å². The Morgan fingerprint density at radius 2 is 1.94 bits per heavy atom. The van der Waals surface area contributed by atoms with Crippen LogP contribution < -0.4 is 10.6 Å². The van der Waals surface area contributed by atoms with Gasteiger partial charge in [0.15, 0.2) is 0 Å². The van der Waals surface area contributed by atoms with Crippen molar-refractivity contribution in [3.05, 3.63) is 88.2 Å². The minimum atomic E-state index is -0.313. The molecular formula is C22H16BrN5O2S. The van der Waals surface area contributed by atoms with Gasteiger partial charge in [0.05, 0.1) is 12.1 Å². The summed E-state index contributed by atoms with van der Waals surface area (Å²) in [5.41, 5.74) is 2.54. The summed E-state index contributed by atoms with van der Waals surface area (Å²) >= 11 is 4.77. The number of rotatable bonds is 6. The molecule has 3 heterocycles. The van der Waals surface area contributed by atoms with Crippen molar-refractivity contribution in [2.24, 2.45) is 0 Å². The Kier molecular flexibility index (Phi) is 6.44. The second kappa shape index (κ2) is 9.59. The van der Waals surface area contributed by atoms with E-state index >= 15 is 0 Å². The second-order valence-electron chi connectivity index (χ2n) is 6.51. The Balaban J connectivity index is 1.38. The van der Waals surface area contributed by atoms with E-state index in [1.165, 1.54) is 11.3 Å². The number of thiazole rings is 1. The fraction of sp³-hybridized carbons (Fsp3) is 0.0455. The van der Waals surface area contributed by atoms with Crippen LogP contribution in [0.1, 0.15) is 16.1 Å². The van der Waals surface area contributed by atoms with Gasteiger partial charge in [0.25, 0.3) is 5.91 Å². The smallest absolute Gasteiger partial charge is 0.256 e. The molecule has 2 amide bonds. The van der Waals surface area contributed by atoms with Crippen molar-refractivity contribution in [2.75, 3.05) is 10.6 Å². The lowest BCUT2D eigenvalue weighted by molar-refractivity contribution is -0.115. The van der Waals surface area contributed by atoms with Crippen LogP contribution >= 0.6 is 27.3 Å². The van der Waals surface area contributed by atoms with Crippen molar-refractivity contribution in [3.8, 4) is 10.6 Å². The average Bonchev–Trinajstić information content (AvgIpc) is 3.24. The van der Waals surface area contributed by atoms with Crippen LogP contribution in [0.5, 0.6) is 0 Å². The van der Waals surface area contributed by atoms with E-state index in [2.05, 4.69) is 41.5 Å². The maximum atomic E-state index is 12.5. The Bertz CT molecular complexity index is 1210. The number of halogens is 1. The molecule has 0 radical (unpaired) electrons. The number of carbonyl (C=O) groups is 2. The van der Waals surface area contributed by atoms with Gasteiger partial charge in [-0.2, -0.15) is 0 Å². The standard InChI is InChI=1S/C22H16BrN5O2S/c23-16-6-7-19(25-12-16)28-21(30)14-3-1-5-17(9-14)26-20(29)10-18-13-31-22(27-18)15-4-2-8-24-11-15/h1-9,11-13H,10H2,(H,26,29)(H,25,28,30). The van der Waals surface area contributed by atoms with E-state index < -0.39 is 0 Å². The number of anilines is 2. The van der Waals surface area contributed by atoms with E-state index in [0.717, 1.165) is 15.0 Å². The maximum absolute atomic E-state index is 12.5. The number of hydrogen-bond acceptors (Lipinski definition) is 6. The highest BCUT2D eigenvalue weighted by Gasteiger charge is 2.12. The number of amides is 2. The summed E-state index contributed by atoms with van der Waals surface area (Å²) in [6.45, 7) is 0. The molecule has 0 saturated carbocycles. The lowest BCUT2D eigenvalue weighted by atomic mass is 10.2. The largest absolute Gasteiger partial charge is 0.326 e. The first-order valence-electron chi connectivity index (χ1n) is 9.24. The fourth-order valence-electron chi connectivity index (χ4n) is 2.76. The Labute approximate surface area is 190 Å². The Morgan fingerprint density at radius 1 is 1.03 bits per heavy atom. The highest BCUT2D eigenvalue weighted by atomic mass is 79.9. The third-order valence-electron chi connectivity index (χ3n) is 4.18. The number of aromatic nitrogens is 3. The van der Waals surface area contributed by atoms with Crippen molar-refractivity contribution in [1.29, 1.82) is 0 Å². The van der Waals surface area contributed by atoms with Gasteiger partial charge in [0, 0.05) is 45.3 Å². The zero-order chi connectivity index (χ0) is 21.6. The van der Waals surface area contributed by atoms with E-state index in [9.17, 15) is 9.59 Å². The molecule has 0 aliphatic heterocycles. The highest BCUT2D eigenvalue weighted by molar-refractivity contribution is 9.10. The third-order valence-corrected chi connectivity index (χ3v) is 5.59. The minimum Gasteiger partial charge on any atom is -0.326 e. The van der Waals surface area contributed by atoms with Crippen molar-refractivity contribution in [1.82, 2.24) is 15.0 Å². The van der Waals surface area contributed by atoms with Crippen LogP contribution in [-0.2, 0) is 11.2 Å². The number of hydrogen-bond donors (Lipinski definition) is 2. The number of nitrogens with one attached hydrogen (secondary N) is 2. The average molecular weight is 494 g/mol. The van der Waals surface area contributed by atoms with Crippen LogP contribution in [0.25, 0.3) is 10.6 Å². The Morgan fingerprint density at radius 3 is 2.71 bits per heavy atom. The molecule has 1 aromatic carbocycles. The van der Waals surface area contributed by atoms with Crippen molar-refractivity contribution >= 4 is 50.6 Å². The zero-order valence-electron chi connectivity index (χ0n) is 16.1. The van der Waals surface area contributed by atoms with E-state index in [4.69, 9.17) is 0 Å². The first-order valence-corrected chi connectivity index (χ1v) is 10.9. The maximum Gasteiger partial charge on any atom is 0.256 e. The van der Waals surface area contributed by atoms with Crippen LogP contribution in [0.2, 0.25) is 0 Å². The topological polar surface area (TPSA) is 96.9 Å². The number of carbonyl (C=O) groups excluding carboxylic acids is 2. The molecule has 154 valence electrons. The SMILES string of the molecule is O=C(Cc1csc(-c2cccnc2)n1)Nc1cccc(C(=O)Nc2ccc(Br)cn2)c1. The van der Waals surface area contributed by atoms with E-state index in [1.807, 2.05) is 17.5 Å². The molecule has 0 atom stereocenters. The summed E-state index contributed by atoms with van der Waals surface area (Å²) < 4.78 is 0.822. The molecule has 31 heavy (non-hydrogen) atoms. The molecule has 4 rings (SSSR count). The van der Waals surface area contributed by atoms with Gasteiger partial charge in [-0.05, 0) is 58.4 Å². The third kappa shape index (κ3) is 5.59. The molecule has 9 heteroatoms. The predicted molar refractivity (Wildman–Crippen MR) is 124 cm³/mol. The monoisotopic (exact) mass is 493 g/mol. The van der Waals surface area contributed by atoms with Crippen molar-refractivity contribution in [2.45, 2.75) is 6.42 Å². The van der Waals surface area contributed by atoms with Crippen LogP contribution in [0.3, 0.4) is 0 Å². The van der Waals surface area contributed by atoms with Gasteiger partial charge in [0.1, 0.15) is 10.8 Å². The summed E-state index contributed by atoms with van der Waals surface area (Å²) in [6, 6.07) is 14.0. The molecule has 0 aliphatic rings. The minimum absolute atomic E-state index is 0.135. The summed E-state index contributed by atoms with van der Waals surface area (Å²) in [7, 11) is 0. The molecule has 4 aromatic rings. The molecular weight excluding hydrogens is 478 g/mol. The number of pyridine rings is 2. The Hall–Kier alpha value is -3.43. The van der Waals surface area contributed by atoms with Gasteiger partial charge < -0.3 is 10.6 Å². The molecule has 0 unspecified atom stereocenters. The quantitative estimate of drug-likeness (QED) is 0.402. The van der Waals surface area contributed by atoms with E-state index in [1.54, 1.807) is 55.0 Å². The number of benzene rings is 1. The fourth-order valence-corrected chi connectivity index (χ4v) is 3.80. The molecule has 0 bridgehead atoms.